The molecule has 1 amide bonds. The number of hydrogen-bond donors (Lipinski definition) is 2. The Morgan fingerprint density at radius 3 is 2.72 bits per heavy atom. The molecule has 2 saturated heterocycles. The molecule has 2 rings (SSSR count). The maximum atomic E-state index is 11.8. The van der Waals surface area contributed by atoms with Crippen LogP contribution in [0.2, 0.25) is 0 Å². The van der Waals surface area contributed by atoms with Gasteiger partial charge >= 0.3 is 0 Å². The summed E-state index contributed by atoms with van der Waals surface area (Å²) in [6.45, 7) is 5.53. The van der Waals surface area contributed by atoms with Gasteiger partial charge in [0, 0.05) is 31.4 Å². The molecular formula is C13H24N2O3. The van der Waals surface area contributed by atoms with Crippen LogP contribution in [0.4, 0.5) is 0 Å². The van der Waals surface area contributed by atoms with E-state index in [1.165, 1.54) is 0 Å². The van der Waals surface area contributed by atoms with E-state index in [1.54, 1.807) is 0 Å². The minimum atomic E-state index is -0.0503. The van der Waals surface area contributed by atoms with Crippen molar-refractivity contribution in [2.45, 2.75) is 44.2 Å². The minimum Gasteiger partial charge on any atom is -0.381 e. The van der Waals surface area contributed by atoms with Crippen LogP contribution in [0.5, 0.6) is 0 Å². The fourth-order valence-corrected chi connectivity index (χ4v) is 2.49. The zero-order chi connectivity index (χ0) is 12.8. The van der Waals surface area contributed by atoms with Crippen LogP contribution in [0.1, 0.15) is 32.6 Å². The number of carbonyl (C=O) groups is 1. The van der Waals surface area contributed by atoms with Gasteiger partial charge in [-0.2, -0.15) is 0 Å². The summed E-state index contributed by atoms with van der Waals surface area (Å²) in [7, 11) is 0. The third-order valence-electron chi connectivity index (χ3n) is 3.70. The van der Waals surface area contributed by atoms with Gasteiger partial charge in [-0.25, -0.2) is 0 Å². The standard InChI is InChI=1S/C13H24N2O3/c1-13(5-2-6-18-10-13)14-9-12(16)15-11-3-7-17-8-4-11/h11,14H,2-10H2,1H3,(H,15,16). The predicted molar refractivity (Wildman–Crippen MR) is 68.4 cm³/mol. The van der Waals surface area contributed by atoms with Crippen LogP contribution in [0.15, 0.2) is 0 Å². The second kappa shape index (κ2) is 6.50. The van der Waals surface area contributed by atoms with E-state index in [2.05, 4.69) is 17.6 Å². The molecule has 104 valence electrons. The summed E-state index contributed by atoms with van der Waals surface area (Å²) >= 11 is 0. The van der Waals surface area contributed by atoms with Gasteiger partial charge in [0.25, 0.3) is 0 Å². The lowest BCUT2D eigenvalue weighted by molar-refractivity contribution is -0.122. The molecule has 2 aliphatic rings. The SMILES string of the molecule is CC1(NCC(=O)NC2CCOCC2)CCCOC1. The number of nitrogens with one attached hydrogen (secondary N) is 2. The Bertz CT molecular complexity index is 271. The van der Waals surface area contributed by atoms with Crippen LogP contribution in [-0.2, 0) is 14.3 Å². The van der Waals surface area contributed by atoms with Crippen LogP contribution in [0.25, 0.3) is 0 Å². The van der Waals surface area contributed by atoms with Gasteiger partial charge in [-0.15, -0.1) is 0 Å². The van der Waals surface area contributed by atoms with Crippen molar-refractivity contribution in [1.82, 2.24) is 10.6 Å². The van der Waals surface area contributed by atoms with Crippen LogP contribution < -0.4 is 10.6 Å². The Morgan fingerprint density at radius 1 is 1.28 bits per heavy atom. The second-order valence-electron chi connectivity index (χ2n) is 5.52. The highest BCUT2D eigenvalue weighted by Gasteiger charge is 2.27. The number of ether oxygens (including phenoxy) is 2. The Kier molecular flexibility index (Phi) is 4.97. The summed E-state index contributed by atoms with van der Waals surface area (Å²) in [5, 5.41) is 6.37. The molecule has 5 heteroatoms. The molecule has 0 radical (unpaired) electrons. The second-order valence-corrected chi connectivity index (χ2v) is 5.52. The smallest absolute Gasteiger partial charge is 0.234 e. The van der Waals surface area contributed by atoms with Crippen molar-refractivity contribution in [2.24, 2.45) is 0 Å². The molecule has 0 saturated carbocycles. The molecule has 18 heavy (non-hydrogen) atoms. The maximum absolute atomic E-state index is 11.8. The fourth-order valence-electron chi connectivity index (χ4n) is 2.49. The van der Waals surface area contributed by atoms with E-state index < -0.39 is 0 Å². The normalized spacial score (nSPS) is 30.1. The first-order chi connectivity index (χ1) is 8.68. The van der Waals surface area contributed by atoms with Crippen molar-refractivity contribution in [3.63, 3.8) is 0 Å². The minimum absolute atomic E-state index is 0.0503. The Morgan fingerprint density at radius 2 is 2.06 bits per heavy atom. The van der Waals surface area contributed by atoms with Crippen molar-refractivity contribution in [3.8, 4) is 0 Å². The van der Waals surface area contributed by atoms with Gasteiger partial charge in [-0.3, -0.25) is 4.79 Å². The van der Waals surface area contributed by atoms with E-state index >= 15 is 0 Å². The zero-order valence-electron chi connectivity index (χ0n) is 11.2. The molecule has 0 aliphatic carbocycles. The third kappa shape index (κ3) is 4.23. The molecule has 2 aliphatic heterocycles. The molecule has 2 fully saturated rings. The quantitative estimate of drug-likeness (QED) is 0.766. The first kappa shape index (κ1) is 13.8. The van der Waals surface area contributed by atoms with Crippen LogP contribution >= 0.6 is 0 Å². The van der Waals surface area contributed by atoms with Gasteiger partial charge in [0.2, 0.25) is 5.91 Å². The number of rotatable bonds is 4. The third-order valence-corrected chi connectivity index (χ3v) is 3.70. The molecule has 0 spiro atoms. The maximum Gasteiger partial charge on any atom is 0.234 e. The molecule has 0 aromatic carbocycles. The van der Waals surface area contributed by atoms with Gasteiger partial charge in [0.15, 0.2) is 0 Å². The number of carbonyl (C=O) groups excluding carboxylic acids is 1. The largest absolute Gasteiger partial charge is 0.381 e. The zero-order valence-corrected chi connectivity index (χ0v) is 11.2. The average molecular weight is 256 g/mol. The monoisotopic (exact) mass is 256 g/mol. The fraction of sp³-hybridized carbons (Fsp3) is 0.923. The Hall–Kier alpha value is -0.650. The van der Waals surface area contributed by atoms with Crippen LogP contribution in [0.3, 0.4) is 0 Å². The van der Waals surface area contributed by atoms with Crippen LogP contribution in [0, 0.1) is 0 Å². The Labute approximate surface area is 109 Å². The molecule has 2 N–H and O–H groups in total. The topological polar surface area (TPSA) is 59.6 Å². The molecule has 1 atom stereocenters. The molecular weight excluding hydrogens is 232 g/mol. The van der Waals surface area contributed by atoms with E-state index in [0.717, 1.165) is 45.5 Å². The summed E-state index contributed by atoms with van der Waals surface area (Å²) in [4.78, 5) is 11.8. The summed E-state index contributed by atoms with van der Waals surface area (Å²) < 4.78 is 10.7. The molecule has 0 aromatic heterocycles. The van der Waals surface area contributed by atoms with Gasteiger partial charge < -0.3 is 20.1 Å². The Balaban J connectivity index is 1.67. The number of amides is 1. The van der Waals surface area contributed by atoms with Crippen molar-refractivity contribution >= 4 is 5.91 Å². The van der Waals surface area contributed by atoms with Crippen LogP contribution in [-0.4, -0.2) is 50.5 Å². The first-order valence-electron chi connectivity index (χ1n) is 6.88. The highest BCUT2D eigenvalue weighted by Crippen LogP contribution is 2.17. The van der Waals surface area contributed by atoms with Gasteiger partial charge in [0.1, 0.15) is 0 Å². The van der Waals surface area contributed by atoms with E-state index in [-0.39, 0.29) is 17.5 Å². The number of hydrogen-bond acceptors (Lipinski definition) is 4. The summed E-state index contributed by atoms with van der Waals surface area (Å²) in [6, 6.07) is 0.281. The molecule has 1 unspecified atom stereocenters. The highest BCUT2D eigenvalue weighted by atomic mass is 16.5. The van der Waals surface area contributed by atoms with Gasteiger partial charge in [-0.1, -0.05) is 0 Å². The van der Waals surface area contributed by atoms with Crippen molar-refractivity contribution in [3.05, 3.63) is 0 Å². The predicted octanol–water partition coefficient (Wildman–Crippen LogP) is 0.440. The highest BCUT2D eigenvalue weighted by molar-refractivity contribution is 5.78. The van der Waals surface area contributed by atoms with Crippen molar-refractivity contribution in [2.75, 3.05) is 33.0 Å². The van der Waals surface area contributed by atoms with Gasteiger partial charge in [-0.05, 0) is 32.6 Å². The van der Waals surface area contributed by atoms with Gasteiger partial charge in [0.05, 0.1) is 13.2 Å². The summed E-state index contributed by atoms with van der Waals surface area (Å²) in [6.07, 6.45) is 3.97. The van der Waals surface area contributed by atoms with E-state index in [1.807, 2.05) is 0 Å². The van der Waals surface area contributed by atoms with E-state index in [4.69, 9.17) is 9.47 Å². The lowest BCUT2D eigenvalue weighted by Gasteiger charge is -2.34. The lowest BCUT2D eigenvalue weighted by Crippen LogP contribution is -2.53. The average Bonchev–Trinajstić information content (AvgIpc) is 2.39. The van der Waals surface area contributed by atoms with Crippen molar-refractivity contribution < 1.29 is 14.3 Å². The lowest BCUT2D eigenvalue weighted by atomic mass is 9.95. The molecule has 2 heterocycles. The molecule has 0 aromatic rings. The van der Waals surface area contributed by atoms with E-state index in [9.17, 15) is 4.79 Å². The first-order valence-corrected chi connectivity index (χ1v) is 6.88. The molecule has 5 nitrogen and oxygen atoms in total. The molecule has 0 bridgehead atoms. The summed E-state index contributed by atoms with van der Waals surface area (Å²) in [5.74, 6) is 0.0775. The van der Waals surface area contributed by atoms with E-state index in [0.29, 0.717) is 13.2 Å². The van der Waals surface area contributed by atoms with Crippen molar-refractivity contribution in [1.29, 1.82) is 0 Å². The summed E-state index contributed by atoms with van der Waals surface area (Å²) in [5.41, 5.74) is -0.0503.